The summed E-state index contributed by atoms with van der Waals surface area (Å²) in [6, 6.07) is 10.3. The quantitative estimate of drug-likeness (QED) is 0.827. The van der Waals surface area contributed by atoms with Gasteiger partial charge in [-0.3, -0.25) is 4.79 Å². The summed E-state index contributed by atoms with van der Waals surface area (Å²) in [7, 11) is 0. The molecule has 0 heterocycles. The second kappa shape index (κ2) is 6.43. The SMILES string of the molecule is O=C(/C=C/c1ccc(Br)cc1)Nc1ccc(F)cc1F. The molecular formula is C15H10BrF2NO. The smallest absolute Gasteiger partial charge is 0.248 e. The van der Waals surface area contributed by atoms with Crippen LogP contribution in [0.5, 0.6) is 0 Å². The summed E-state index contributed by atoms with van der Waals surface area (Å²) in [4.78, 5) is 11.6. The molecule has 0 aliphatic heterocycles. The molecule has 0 unspecified atom stereocenters. The predicted molar refractivity (Wildman–Crippen MR) is 78.2 cm³/mol. The lowest BCUT2D eigenvalue weighted by Crippen LogP contribution is -2.09. The van der Waals surface area contributed by atoms with Gasteiger partial charge in [0.05, 0.1) is 5.69 Å². The van der Waals surface area contributed by atoms with E-state index >= 15 is 0 Å². The van der Waals surface area contributed by atoms with Crippen molar-refractivity contribution in [3.05, 3.63) is 70.2 Å². The van der Waals surface area contributed by atoms with E-state index in [0.717, 1.165) is 16.1 Å². The first-order valence-electron chi connectivity index (χ1n) is 5.74. The summed E-state index contributed by atoms with van der Waals surface area (Å²) in [5, 5.41) is 2.34. The van der Waals surface area contributed by atoms with Gasteiger partial charge in [-0.1, -0.05) is 28.1 Å². The van der Waals surface area contributed by atoms with Gasteiger partial charge in [0.25, 0.3) is 0 Å². The summed E-state index contributed by atoms with van der Waals surface area (Å²) in [6.45, 7) is 0. The van der Waals surface area contributed by atoms with Crippen LogP contribution in [0, 0.1) is 11.6 Å². The predicted octanol–water partition coefficient (Wildman–Crippen LogP) is 4.38. The van der Waals surface area contributed by atoms with Crippen molar-refractivity contribution >= 4 is 33.6 Å². The van der Waals surface area contributed by atoms with Gasteiger partial charge < -0.3 is 5.32 Å². The molecule has 0 bridgehead atoms. The number of anilines is 1. The summed E-state index contributed by atoms with van der Waals surface area (Å²) in [5.41, 5.74) is 0.778. The van der Waals surface area contributed by atoms with Gasteiger partial charge in [0.2, 0.25) is 5.91 Å². The highest BCUT2D eigenvalue weighted by Crippen LogP contribution is 2.15. The second-order valence-corrected chi connectivity index (χ2v) is 4.91. The van der Waals surface area contributed by atoms with Crippen LogP contribution in [-0.2, 0) is 4.79 Å². The topological polar surface area (TPSA) is 29.1 Å². The molecule has 1 amide bonds. The summed E-state index contributed by atoms with van der Waals surface area (Å²) in [6.07, 6.45) is 2.88. The third-order valence-electron chi connectivity index (χ3n) is 2.49. The van der Waals surface area contributed by atoms with Crippen LogP contribution < -0.4 is 5.32 Å². The Morgan fingerprint density at radius 2 is 1.80 bits per heavy atom. The number of benzene rings is 2. The van der Waals surface area contributed by atoms with E-state index in [1.54, 1.807) is 6.08 Å². The van der Waals surface area contributed by atoms with E-state index < -0.39 is 17.5 Å². The number of carbonyl (C=O) groups is 1. The number of rotatable bonds is 3. The molecule has 2 aromatic carbocycles. The van der Waals surface area contributed by atoms with Crippen molar-refractivity contribution < 1.29 is 13.6 Å². The molecule has 5 heteroatoms. The monoisotopic (exact) mass is 337 g/mol. The Hall–Kier alpha value is -2.01. The molecule has 2 rings (SSSR count). The van der Waals surface area contributed by atoms with Crippen LogP contribution >= 0.6 is 15.9 Å². The molecule has 102 valence electrons. The first kappa shape index (κ1) is 14.4. The van der Waals surface area contributed by atoms with Crippen molar-refractivity contribution in [2.24, 2.45) is 0 Å². The van der Waals surface area contributed by atoms with E-state index in [-0.39, 0.29) is 5.69 Å². The molecular weight excluding hydrogens is 328 g/mol. The first-order chi connectivity index (χ1) is 9.54. The van der Waals surface area contributed by atoms with Gasteiger partial charge in [-0.15, -0.1) is 0 Å². The summed E-state index contributed by atoms with van der Waals surface area (Å²) in [5.74, 6) is -1.99. The zero-order valence-corrected chi connectivity index (χ0v) is 11.8. The number of nitrogens with one attached hydrogen (secondary N) is 1. The minimum Gasteiger partial charge on any atom is -0.320 e. The van der Waals surface area contributed by atoms with Gasteiger partial charge in [-0.2, -0.15) is 0 Å². The molecule has 0 saturated heterocycles. The molecule has 0 saturated carbocycles. The zero-order chi connectivity index (χ0) is 14.5. The molecule has 2 nitrogen and oxygen atoms in total. The van der Waals surface area contributed by atoms with E-state index in [1.807, 2.05) is 24.3 Å². The van der Waals surface area contributed by atoms with Crippen LogP contribution in [0.25, 0.3) is 6.08 Å². The van der Waals surface area contributed by atoms with E-state index in [0.29, 0.717) is 6.07 Å². The van der Waals surface area contributed by atoms with Crippen molar-refractivity contribution in [3.63, 3.8) is 0 Å². The number of halogens is 3. The fraction of sp³-hybridized carbons (Fsp3) is 0. The van der Waals surface area contributed by atoms with Gasteiger partial charge in [-0.25, -0.2) is 8.78 Å². The highest BCUT2D eigenvalue weighted by molar-refractivity contribution is 9.10. The fourth-order valence-corrected chi connectivity index (χ4v) is 1.78. The van der Waals surface area contributed by atoms with E-state index in [1.165, 1.54) is 12.1 Å². The second-order valence-electron chi connectivity index (χ2n) is 4.00. The Labute approximate surface area is 123 Å². The molecule has 0 aliphatic rings. The molecule has 0 aromatic heterocycles. The van der Waals surface area contributed by atoms with Crippen molar-refractivity contribution in [2.45, 2.75) is 0 Å². The highest BCUT2D eigenvalue weighted by atomic mass is 79.9. The Morgan fingerprint density at radius 3 is 2.45 bits per heavy atom. The third-order valence-corrected chi connectivity index (χ3v) is 3.01. The standard InChI is InChI=1S/C15H10BrF2NO/c16-11-4-1-10(2-5-11)3-8-15(20)19-14-7-6-12(17)9-13(14)18/h1-9H,(H,19,20)/b8-3+. The lowest BCUT2D eigenvalue weighted by atomic mass is 10.2. The normalized spacial score (nSPS) is 10.8. The minimum atomic E-state index is -0.810. The van der Waals surface area contributed by atoms with Crippen LogP contribution in [-0.4, -0.2) is 5.91 Å². The van der Waals surface area contributed by atoms with Crippen LogP contribution in [0.4, 0.5) is 14.5 Å². The van der Waals surface area contributed by atoms with E-state index in [4.69, 9.17) is 0 Å². The van der Waals surface area contributed by atoms with Gasteiger partial charge in [0.15, 0.2) is 0 Å². The lowest BCUT2D eigenvalue weighted by Gasteiger charge is -2.03. The van der Waals surface area contributed by atoms with E-state index in [2.05, 4.69) is 21.2 Å². The van der Waals surface area contributed by atoms with Gasteiger partial charge in [0, 0.05) is 16.6 Å². The Balaban J connectivity index is 2.03. The van der Waals surface area contributed by atoms with Crippen molar-refractivity contribution in [3.8, 4) is 0 Å². The Bertz CT molecular complexity index is 653. The molecule has 0 aliphatic carbocycles. The van der Waals surface area contributed by atoms with Crippen LogP contribution in [0.2, 0.25) is 0 Å². The molecule has 0 radical (unpaired) electrons. The summed E-state index contributed by atoms with van der Waals surface area (Å²) < 4.78 is 27.0. The third kappa shape index (κ3) is 3.99. The largest absolute Gasteiger partial charge is 0.320 e. The number of hydrogen-bond donors (Lipinski definition) is 1. The molecule has 0 spiro atoms. The first-order valence-corrected chi connectivity index (χ1v) is 6.53. The van der Waals surface area contributed by atoms with Gasteiger partial charge in [-0.05, 0) is 35.9 Å². The fourth-order valence-electron chi connectivity index (χ4n) is 1.51. The minimum absolute atomic E-state index is 0.0585. The Kier molecular flexibility index (Phi) is 4.63. The van der Waals surface area contributed by atoms with Crippen molar-refractivity contribution in [1.29, 1.82) is 0 Å². The molecule has 0 fully saturated rings. The number of hydrogen-bond acceptors (Lipinski definition) is 1. The highest BCUT2D eigenvalue weighted by Gasteiger charge is 2.05. The average molecular weight is 338 g/mol. The van der Waals surface area contributed by atoms with Crippen LogP contribution in [0.1, 0.15) is 5.56 Å². The van der Waals surface area contributed by atoms with Gasteiger partial charge in [0.1, 0.15) is 11.6 Å². The molecule has 2 aromatic rings. The maximum absolute atomic E-state index is 13.3. The molecule has 1 N–H and O–H groups in total. The summed E-state index contributed by atoms with van der Waals surface area (Å²) >= 11 is 3.31. The maximum Gasteiger partial charge on any atom is 0.248 e. The Morgan fingerprint density at radius 1 is 1.10 bits per heavy atom. The van der Waals surface area contributed by atoms with Crippen molar-refractivity contribution in [1.82, 2.24) is 0 Å². The average Bonchev–Trinajstić information content (AvgIpc) is 2.41. The van der Waals surface area contributed by atoms with Crippen LogP contribution in [0.15, 0.2) is 53.0 Å². The van der Waals surface area contributed by atoms with Gasteiger partial charge >= 0.3 is 0 Å². The maximum atomic E-state index is 13.3. The zero-order valence-electron chi connectivity index (χ0n) is 10.2. The van der Waals surface area contributed by atoms with Crippen molar-refractivity contribution in [2.75, 3.05) is 5.32 Å². The molecule has 0 atom stereocenters. The number of amides is 1. The molecule has 20 heavy (non-hydrogen) atoms. The van der Waals surface area contributed by atoms with E-state index in [9.17, 15) is 13.6 Å². The lowest BCUT2D eigenvalue weighted by molar-refractivity contribution is -0.111. The number of carbonyl (C=O) groups excluding carboxylic acids is 1. The van der Waals surface area contributed by atoms with Crippen LogP contribution in [0.3, 0.4) is 0 Å².